The second kappa shape index (κ2) is 7.99. The molecule has 0 aliphatic rings. The smallest absolute Gasteiger partial charge is 0.120 e. The third kappa shape index (κ3) is 4.17. The first kappa shape index (κ1) is 18.5. The van der Waals surface area contributed by atoms with E-state index >= 15 is 0 Å². The van der Waals surface area contributed by atoms with Gasteiger partial charge in [-0.25, -0.2) is 0 Å². The van der Waals surface area contributed by atoms with Gasteiger partial charge in [0.1, 0.15) is 12.4 Å². The predicted molar refractivity (Wildman–Crippen MR) is 112 cm³/mol. The molecule has 5 heteroatoms. The van der Waals surface area contributed by atoms with Crippen LogP contribution >= 0.6 is 0 Å². The molecule has 0 aliphatic carbocycles. The first-order valence-corrected chi connectivity index (χ1v) is 9.34. The van der Waals surface area contributed by atoms with Gasteiger partial charge in [0.25, 0.3) is 0 Å². The van der Waals surface area contributed by atoms with Crippen molar-refractivity contribution in [2.24, 2.45) is 0 Å². The molecular weight excluding hydrogens is 360 g/mol. The van der Waals surface area contributed by atoms with Crippen molar-refractivity contribution in [3.8, 4) is 34.2 Å². The Labute approximate surface area is 169 Å². The van der Waals surface area contributed by atoms with Crippen LogP contribution in [0.15, 0.2) is 66.9 Å². The zero-order valence-corrected chi connectivity index (χ0v) is 16.3. The largest absolute Gasteiger partial charge is 0.489 e. The Morgan fingerprint density at radius 3 is 2.55 bits per heavy atom. The third-order valence-corrected chi connectivity index (χ3v) is 4.62. The maximum Gasteiger partial charge on any atom is 0.120 e. The molecule has 29 heavy (non-hydrogen) atoms. The number of aromatic amines is 1. The van der Waals surface area contributed by atoms with Crippen LogP contribution in [0.2, 0.25) is 0 Å². The van der Waals surface area contributed by atoms with E-state index in [4.69, 9.17) is 10.00 Å². The summed E-state index contributed by atoms with van der Waals surface area (Å²) in [6.45, 7) is 4.38. The van der Waals surface area contributed by atoms with E-state index in [0.717, 1.165) is 45.1 Å². The van der Waals surface area contributed by atoms with Crippen LogP contribution in [0.25, 0.3) is 22.4 Å². The summed E-state index contributed by atoms with van der Waals surface area (Å²) in [5, 5.41) is 16.4. The van der Waals surface area contributed by atoms with Gasteiger partial charge in [0.05, 0.1) is 23.5 Å². The van der Waals surface area contributed by atoms with Gasteiger partial charge in [0.2, 0.25) is 0 Å². The molecule has 0 unspecified atom stereocenters. The number of nitriles is 1. The molecule has 0 saturated heterocycles. The number of H-pyrrole nitrogens is 1. The fourth-order valence-electron chi connectivity index (χ4n) is 3.35. The molecular formula is C24H20N4O. The molecule has 142 valence electrons. The summed E-state index contributed by atoms with van der Waals surface area (Å²) in [7, 11) is 0. The zero-order valence-electron chi connectivity index (χ0n) is 16.3. The topological polar surface area (TPSA) is 74.6 Å². The number of nitrogens with one attached hydrogen (secondary N) is 1. The molecule has 0 fully saturated rings. The lowest BCUT2D eigenvalue weighted by Crippen LogP contribution is -1.96. The van der Waals surface area contributed by atoms with Crippen LogP contribution in [-0.4, -0.2) is 15.2 Å². The van der Waals surface area contributed by atoms with Crippen LogP contribution in [0.1, 0.15) is 22.5 Å². The molecule has 0 bridgehead atoms. The zero-order chi connectivity index (χ0) is 20.2. The number of aromatic nitrogens is 3. The van der Waals surface area contributed by atoms with Crippen LogP contribution in [0.5, 0.6) is 5.75 Å². The predicted octanol–water partition coefficient (Wildman–Crippen LogP) is 5.21. The highest BCUT2D eigenvalue weighted by Crippen LogP contribution is 2.32. The molecule has 4 aromatic rings. The average molecular weight is 380 g/mol. The lowest BCUT2D eigenvalue weighted by molar-refractivity contribution is 0.306. The Kier molecular flexibility index (Phi) is 5.08. The van der Waals surface area contributed by atoms with E-state index in [1.165, 1.54) is 0 Å². The van der Waals surface area contributed by atoms with Crippen molar-refractivity contribution in [1.82, 2.24) is 15.2 Å². The molecule has 0 amide bonds. The third-order valence-electron chi connectivity index (χ3n) is 4.62. The van der Waals surface area contributed by atoms with Gasteiger partial charge in [-0.1, -0.05) is 24.3 Å². The Hall–Kier alpha value is -3.91. The number of aryl methyl sites for hydroxylation is 2. The molecule has 0 atom stereocenters. The maximum atomic E-state index is 9.04. The lowest BCUT2D eigenvalue weighted by atomic mass is 10.0. The number of benzene rings is 2. The van der Waals surface area contributed by atoms with Crippen LogP contribution in [-0.2, 0) is 6.61 Å². The SMILES string of the molecule is Cc1cc(-c2cn[nH]c2-c2cccc(OCc3cccc(C#N)c3)c2)cc(C)n1. The van der Waals surface area contributed by atoms with E-state index in [-0.39, 0.29) is 0 Å². The molecule has 2 heterocycles. The van der Waals surface area contributed by atoms with Gasteiger partial charge >= 0.3 is 0 Å². The van der Waals surface area contributed by atoms with Crippen LogP contribution in [0.4, 0.5) is 0 Å². The van der Waals surface area contributed by atoms with Crippen molar-refractivity contribution < 1.29 is 4.74 Å². The van der Waals surface area contributed by atoms with E-state index in [0.29, 0.717) is 12.2 Å². The van der Waals surface area contributed by atoms with E-state index in [2.05, 4.69) is 33.4 Å². The van der Waals surface area contributed by atoms with E-state index in [1.54, 1.807) is 6.07 Å². The first-order valence-electron chi connectivity index (χ1n) is 9.34. The van der Waals surface area contributed by atoms with E-state index in [1.807, 2.05) is 62.5 Å². The monoisotopic (exact) mass is 380 g/mol. The summed E-state index contributed by atoms with van der Waals surface area (Å²) in [5.41, 5.74) is 7.58. The van der Waals surface area contributed by atoms with Gasteiger partial charge in [-0.2, -0.15) is 10.4 Å². The summed E-state index contributed by atoms with van der Waals surface area (Å²) < 4.78 is 5.96. The van der Waals surface area contributed by atoms with Crippen molar-refractivity contribution >= 4 is 0 Å². The second-order valence-electron chi connectivity index (χ2n) is 6.93. The number of hydrogen-bond donors (Lipinski definition) is 1. The van der Waals surface area contributed by atoms with Gasteiger partial charge in [-0.3, -0.25) is 10.1 Å². The lowest BCUT2D eigenvalue weighted by Gasteiger charge is -2.10. The minimum Gasteiger partial charge on any atom is -0.489 e. The van der Waals surface area contributed by atoms with Gasteiger partial charge in [-0.15, -0.1) is 0 Å². The van der Waals surface area contributed by atoms with Crippen LogP contribution in [0.3, 0.4) is 0 Å². The molecule has 0 spiro atoms. The fraction of sp³-hybridized carbons (Fsp3) is 0.125. The summed E-state index contributed by atoms with van der Waals surface area (Å²) in [5.74, 6) is 0.757. The highest BCUT2D eigenvalue weighted by atomic mass is 16.5. The molecule has 5 nitrogen and oxygen atoms in total. The molecule has 0 aliphatic heterocycles. The molecule has 4 rings (SSSR count). The number of hydrogen-bond acceptors (Lipinski definition) is 4. The number of rotatable bonds is 5. The molecule has 2 aromatic carbocycles. The van der Waals surface area contributed by atoms with Gasteiger partial charge < -0.3 is 4.74 Å². The minimum atomic E-state index is 0.400. The van der Waals surface area contributed by atoms with Crippen molar-refractivity contribution in [1.29, 1.82) is 5.26 Å². The second-order valence-corrected chi connectivity index (χ2v) is 6.93. The normalized spacial score (nSPS) is 10.5. The molecule has 0 radical (unpaired) electrons. The molecule has 2 aromatic heterocycles. The Morgan fingerprint density at radius 2 is 1.76 bits per heavy atom. The van der Waals surface area contributed by atoms with Crippen molar-refractivity contribution in [2.45, 2.75) is 20.5 Å². The van der Waals surface area contributed by atoms with Crippen molar-refractivity contribution in [3.63, 3.8) is 0 Å². The standard InChI is InChI=1S/C24H20N4O/c1-16-9-21(10-17(2)27-16)23-14-26-28-24(23)20-7-4-8-22(12-20)29-15-19-6-3-5-18(11-19)13-25/h3-12,14H,15H2,1-2H3,(H,26,28). The number of pyridine rings is 1. The quantitative estimate of drug-likeness (QED) is 0.516. The van der Waals surface area contributed by atoms with Crippen molar-refractivity contribution in [3.05, 3.63) is 89.4 Å². The van der Waals surface area contributed by atoms with Gasteiger partial charge in [0, 0.05) is 22.5 Å². The Bertz CT molecular complexity index is 1180. The number of nitrogens with zero attached hydrogens (tertiary/aromatic N) is 3. The number of ether oxygens (including phenoxy) is 1. The highest BCUT2D eigenvalue weighted by molar-refractivity contribution is 5.81. The first-order chi connectivity index (χ1) is 14.1. The van der Waals surface area contributed by atoms with Crippen LogP contribution in [0, 0.1) is 25.2 Å². The Morgan fingerprint density at radius 1 is 0.966 bits per heavy atom. The van der Waals surface area contributed by atoms with Crippen molar-refractivity contribution in [2.75, 3.05) is 0 Å². The van der Waals surface area contributed by atoms with E-state index < -0.39 is 0 Å². The molecule has 0 saturated carbocycles. The van der Waals surface area contributed by atoms with Crippen LogP contribution < -0.4 is 4.74 Å². The summed E-state index contributed by atoms with van der Waals surface area (Å²) in [6, 6.07) is 21.6. The molecule has 1 N–H and O–H groups in total. The highest BCUT2D eigenvalue weighted by Gasteiger charge is 2.12. The van der Waals surface area contributed by atoms with Gasteiger partial charge in [0.15, 0.2) is 0 Å². The average Bonchev–Trinajstić information content (AvgIpc) is 3.22. The fourth-order valence-corrected chi connectivity index (χ4v) is 3.35. The summed E-state index contributed by atoms with van der Waals surface area (Å²) in [4.78, 5) is 4.46. The van der Waals surface area contributed by atoms with E-state index in [9.17, 15) is 0 Å². The minimum absolute atomic E-state index is 0.400. The Balaban J connectivity index is 1.60. The summed E-state index contributed by atoms with van der Waals surface area (Å²) in [6.07, 6.45) is 1.84. The maximum absolute atomic E-state index is 9.04. The van der Waals surface area contributed by atoms with Gasteiger partial charge in [-0.05, 0) is 61.4 Å². The summed E-state index contributed by atoms with van der Waals surface area (Å²) >= 11 is 0.